The van der Waals surface area contributed by atoms with Crippen LogP contribution in [0.1, 0.15) is 23.5 Å². The number of carboxylic acid groups (broad SMARTS) is 2. The third kappa shape index (κ3) is 3.28. The van der Waals surface area contributed by atoms with Gasteiger partial charge in [-0.2, -0.15) is 0 Å². The van der Waals surface area contributed by atoms with Crippen molar-refractivity contribution in [1.82, 2.24) is 0 Å². The van der Waals surface area contributed by atoms with Gasteiger partial charge in [0, 0.05) is 0 Å². The lowest BCUT2D eigenvalue weighted by molar-refractivity contribution is -0.143. The van der Waals surface area contributed by atoms with Crippen molar-refractivity contribution in [2.24, 2.45) is 0 Å². The molecular formula is C16H11F2O4. The number of benzene rings is 2. The number of hydrogen-bond acceptors (Lipinski definition) is 2. The summed E-state index contributed by atoms with van der Waals surface area (Å²) in [6, 6.07) is 12.7. The van der Waals surface area contributed by atoms with E-state index in [1.165, 1.54) is 12.1 Å². The van der Waals surface area contributed by atoms with Crippen LogP contribution in [-0.4, -0.2) is 22.2 Å². The van der Waals surface area contributed by atoms with Crippen LogP contribution in [0.25, 0.3) is 11.1 Å². The topological polar surface area (TPSA) is 74.6 Å². The van der Waals surface area contributed by atoms with E-state index in [9.17, 15) is 18.4 Å². The van der Waals surface area contributed by atoms with E-state index < -0.39 is 24.3 Å². The maximum absolute atomic E-state index is 13.7. The number of rotatable bonds is 5. The summed E-state index contributed by atoms with van der Waals surface area (Å²) in [5, 5.41) is 17.5. The second-order valence-corrected chi connectivity index (χ2v) is 4.58. The second kappa shape index (κ2) is 6.34. The van der Waals surface area contributed by atoms with E-state index in [2.05, 4.69) is 6.07 Å². The summed E-state index contributed by atoms with van der Waals surface area (Å²) in [5.41, 5.74) is 0.235. The normalized spacial score (nSPS) is 13.4. The van der Waals surface area contributed by atoms with E-state index in [0.717, 1.165) is 6.07 Å². The van der Waals surface area contributed by atoms with Gasteiger partial charge in [-0.15, -0.1) is 0 Å². The molecule has 0 saturated heterocycles. The minimum absolute atomic E-state index is 0.312. The maximum Gasteiger partial charge on any atom is 0.343 e. The lowest BCUT2D eigenvalue weighted by Gasteiger charge is -2.12. The molecule has 0 spiro atoms. The summed E-state index contributed by atoms with van der Waals surface area (Å²) in [4.78, 5) is 21.5. The van der Waals surface area contributed by atoms with E-state index in [-0.39, 0.29) is 11.1 Å². The number of hydrogen-bond donors (Lipinski definition) is 2. The molecular weight excluding hydrogens is 294 g/mol. The van der Waals surface area contributed by atoms with Crippen molar-refractivity contribution in [3.05, 3.63) is 59.7 Å². The van der Waals surface area contributed by atoms with Gasteiger partial charge in [-0.05, 0) is 52.6 Å². The van der Waals surface area contributed by atoms with Crippen LogP contribution in [0.4, 0.5) is 8.78 Å². The molecule has 4 nitrogen and oxygen atoms in total. The molecule has 0 saturated carbocycles. The van der Waals surface area contributed by atoms with Gasteiger partial charge in [-0.3, -0.25) is 0 Å². The molecule has 0 aliphatic rings. The first-order valence-electron chi connectivity index (χ1n) is 6.25. The molecule has 2 atom stereocenters. The largest absolute Gasteiger partial charge is 0.479 e. The molecule has 0 amide bonds. The van der Waals surface area contributed by atoms with Gasteiger partial charge in [-0.1, -0.05) is 18.2 Å². The fraction of sp³-hybridized carbons (Fsp3) is 0.125. The van der Waals surface area contributed by atoms with Gasteiger partial charge in [-0.25, -0.2) is 18.4 Å². The van der Waals surface area contributed by atoms with Gasteiger partial charge in [0.15, 0.2) is 0 Å². The van der Waals surface area contributed by atoms with Crippen molar-refractivity contribution < 1.29 is 28.6 Å². The highest BCUT2D eigenvalue weighted by molar-refractivity contribution is 5.78. The Hall–Kier alpha value is -2.76. The van der Waals surface area contributed by atoms with Crippen molar-refractivity contribution in [1.29, 1.82) is 0 Å². The van der Waals surface area contributed by atoms with Gasteiger partial charge in [0.1, 0.15) is 0 Å². The lowest BCUT2D eigenvalue weighted by Crippen LogP contribution is -2.10. The Morgan fingerprint density at radius 3 is 1.91 bits per heavy atom. The first-order valence-corrected chi connectivity index (χ1v) is 6.25. The van der Waals surface area contributed by atoms with E-state index in [1.54, 1.807) is 24.3 Å². The third-order valence-electron chi connectivity index (χ3n) is 3.04. The summed E-state index contributed by atoms with van der Waals surface area (Å²) in [6.45, 7) is 0. The second-order valence-electron chi connectivity index (χ2n) is 4.58. The van der Waals surface area contributed by atoms with E-state index in [4.69, 9.17) is 10.2 Å². The Kier molecular flexibility index (Phi) is 4.50. The van der Waals surface area contributed by atoms with E-state index in [1.807, 2.05) is 0 Å². The Labute approximate surface area is 124 Å². The van der Waals surface area contributed by atoms with Crippen LogP contribution in [0, 0.1) is 6.07 Å². The minimum atomic E-state index is -2.37. The fourth-order valence-electron chi connectivity index (χ4n) is 1.99. The van der Waals surface area contributed by atoms with Crippen LogP contribution in [0.2, 0.25) is 0 Å². The SMILES string of the molecule is O=C(O)C(F)c1cc(-c2c[c]ccc2)cc(C(F)C(=O)O)c1. The number of carboxylic acids is 2. The number of carbonyl (C=O) groups is 2. The molecule has 2 aromatic rings. The molecule has 2 rings (SSSR count). The predicted octanol–water partition coefficient (Wildman–Crippen LogP) is 3.34. The van der Waals surface area contributed by atoms with Crippen LogP contribution in [0.3, 0.4) is 0 Å². The van der Waals surface area contributed by atoms with Gasteiger partial charge in [0.2, 0.25) is 12.3 Å². The van der Waals surface area contributed by atoms with Crippen molar-refractivity contribution in [2.75, 3.05) is 0 Å². The van der Waals surface area contributed by atoms with Crippen molar-refractivity contribution in [3.63, 3.8) is 0 Å². The zero-order valence-electron chi connectivity index (χ0n) is 11.2. The standard InChI is InChI=1S/C16H11F2O4/c17-13(15(19)20)11-6-10(9-4-2-1-3-5-9)7-12(8-11)14(18)16(21)22/h1-2,4-8,13-14H,(H,19,20)(H,21,22). The average Bonchev–Trinajstić information content (AvgIpc) is 2.53. The molecule has 2 aromatic carbocycles. The quantitative estimate of drug-likeness (QED) is 0.888. The van der Waals surface area contributed by atoms with Crippen molar-refractivity contribution in [3.8, 4) is 11.1 Å². The number of alkyl halides is 2. The fourth-order valence-corrected chi connectivity index (χ4v) is 1.99. The average molecular weight is 305 g/mol. The highest BCUT2D eigenvalue weighted by Crippen LogP contribution is 2.30. The number of aliphatic carboxylic acids is 2. The molecule has 0 aliphatic carbocycles. The summed E-state index contributed by atoms with van der Waals surface area (Å²) >= 11 is 0. The first-order chi connectivity index (χ1) is 10.4. The van der Waals surface area contributed by atoms with Gasteiger partial charge in [0.25, 0.3) is 0 Å². The van der Waals surface area contributed by atoms with Crippen LogP contribution in [-0.2, 0) is 9.59 Å². The Bertz CT molecular complexity index is 662. The molecule has 0 aromatic heterocycles. The zero-order valence-corrected chi connectivity index (χ0v) is 11.2. The predicted molar refractivity (Wildman–Crippen MR) is 73.7 cm³/mol. The Morgan fingerprint density at radius 2 is 1.50 bits per heavy atom. The summed E-state index contributed by atoms with van der Waals surface area (Å²) in [6.07, 6.45) is -4.74. The van der Waals surface area contributed by atoms with E-state index in [0.29, 0.717) is 11.1 Å². The molecule has 0 heterocycles. The van der Waals surface area contributed by atoms with E-state index >= 15 is 0 Å². The summed E-state index contributed by atoms with van der Waals surface area (Å²) in [5.74, 6) is -3.46. The smallest absolute Gasteiger partial charge is 0.343 e. The van der Waals surface area contributed by atoms with Crippen molar-refractivity contribution >= 4 is 11.9 Å². The van der Waals surface area contributed by atoms with Gasteiger partial charge >= 0.3 is 11.9 Å². The van der Waals surface area contributed by atoms with Crippen LogP contribution < -0.4 is 0 Å². The molecule has 2 N–H and O–H groups in total. The molecule has 113 valence electrons. The van der Waals surface area contributed by atoms with Gasteiger partial charge < -0.3 is 10.2 Å². The molecule has 22 heavy (non-hydrogen) atoms. The highest BCUT2D eigenvalue weighted by atomic mass is 19.1. The molecule has 6 heteroatoms. The van der Waals surface area contributed by atoms with Crippen LogP contribution in [0.5, 0.6) is 0 Å². The minimum Gasteiger partial charge on any atom is -0.479 e. The molecule has 0 bridgehead atoms. The third-order valence-corrected chi connectivity index (χ3v) is 3.04. The van der Waals surface area contributed by atoms with Crippen LogP contribution >= 0.6 is 0 Å². The first kappa shape index (κ1) is 15.6. The molecule has 0 fully saturated rings. The highest BCUT2D eigenvalue weighted by Gasteiger charge is 2.24. The lowest BCUT2D eigenvalue weighted by atomic mass is 9.96. The summed E-state index contributed by atoms with van der Waals surface area (Å²) in [7, 11) is 0. The Morgan fingerprint density at radius 1 is 0.955 bits per heavy atom. The molecule has 0 aliphatic heterocycles. The monoisotopic (exact) mass is 305 g/mol. The zero-order chi connectivity index (χ0) is 16.3. The Balaban J connectivity index is 2.58. The number of halogens is 2. The maximum atomic E-state index is 13.7. The molecule has 2 unspecified atom stereocenters. The molecule has 1 radical (unpaired) electrons. The van der Waals surface area contributed by atoms with Gasteiger partial charge in [0.05, 0.1) is 0 Å². The van der Waals surface area contributed by atoms with Crippen molar-refractivity contribution in [2.45, 2.75) is 12.3 Å². The summed E-state index contributed by atoms with van der Waals surface area (Å²) < 4.78 is 27.4. The van der Waals surface area contributed by atoms with Crippen LogP contribution in [0.15, 0.2) is 42.5 Å².